The molecule has 102 valence electrons. The molecule has 0 aliphatic carbocycles. The van der Waals surface area contributed by atoms with Crippen LogP contribution in [0.2, 0.25) is 0 Å². The van der Waals surface area contributed by atoms with E-state index in [9.17, 15) is 4.79 Å². The van der Waals surface area contributed by atoms with Gasteiger partial charge in [-0.1, -0.05) is 13.8 Å². The van der Waals surface area contributed by atoms with Crippen molar-refractivity contribution in [2.75, 3.05) is 0 Å². The lowest BCUT2D eigenvalue weighted by molar-refractivity contribution is 0.634. The molecule has 3 rings (SSSR count). The van der Waals surface area contributed by atoms with Gasteiger partial charge in [-0.25, -0.2) is 4.98 Å². The molecule has 0 aromatic carbocycles. The maximum Gasteiger partial charge on any atom is 0.251 e. The highest BCUT2D eigenvalue weighted by Gasteiger charge is 2.07. The highest BCUT2D eigenvalue weighted by Crippen LogP contribution is 2.23. The Labute approximate surface area is 120 Å². The van der Waals surface area contributed by atoms with Gasteiger partial charge in [0.15, 0.2) is 0 Å². The molecule has 3 aromatic heterocycles. The summed E-state index contributed by atoms with van der Waals surface area (Å²) in [6, 6.07) is 5.57. The Balaban J connectivity index is 2.08. The quantitative estimate of drug-likeness (QED) is 0.803. The van der Waals surface area contributed by atoms with E-state index in [0.717, 1.165) is 27.9 Å². The second-order valence-corrected chi connectivity index (χ2v) is 6.16. The molecule has 4 nitrogen and oxygen atoms in total. The summed E-state index contributed by atoms with van der Waals surface area (Å²) in [7, 11) is 0. The number of hydrogen-bond donors (Lipinski definition) is 1. The van der Waals surface area contributed by atoms with Gasteiger partial charge in [0.05, 0.1) is 10.2 Å². The molecule has 0 amide bonds. The van der Waals surface area contributed by atoms with Crippen molar-refractivity contribution in [1.82, 2.24) is 15.0 Å². The summed E-state index contributed by atoms with van der Waals surface area (Å²) >= 11 is 1.63. The minimum absolute atomic E-state index is 0.114. The molecule has 0 atom stereocenters. The van der Waals surface area contributed by atoms with Gasteiger partial charge >= 0.3 is 0 Å². The van der Waals surface area contributed by atoms with Crippen LogP contribution in [0.5, 0.6) is 0 Å². The van der Waals surface area contributed by atoms with Crippen LogP contribution in [0.4, 0.5) is 0 Å². The average Bonchev–Trinajstić information content (AvgIpc) is 2.84. The van der Waals surface area contributed by atoms with Crippen LogP contribution >= 0.6 is 11.3 Å². The van der Waals surface area contributed by atoms with E-state index in [0.29, 0.717) is 11.7 Å². The molecule has 0 spiro atoms. The van der Waals surface area contributed by atoms with E-state index in [1.807, 2.05) is 17.5 Å². The summed E-state index contributed by atoms with van der Waals surface area (Å²) in [4.78, 5) is 23.5. The smallest absolute Gasteiger partial charge is 0.251 e. The van der Waals surface area contributed by atoms with Gasteiger partial charge < -0.3 is 4.98 Å². The first kappa shape index (κ1) is 13.0. The van der Waals surface area contributed by atoms with Gasteiger partial charge in [0.1, 0.15) is 5.82 Å². The molecular formula is C15H15N3OS. The van der Waals surface area contributed by atoms with E-state index in [2.05, 4.69) is 28.8 Å². The number of pyridine rings is 1. The minimum atomic E-state index is -0.114. The lowest BCUT2D eigenvalue weighted by Gasteiger charge is -2.06. The van der Waals surface area contributed by atoms with E-state index in [1.165, 1.54) is 0 Å². The van der Waals surface area contributed by atoms with Crippen LogP contribution in [0, 0.1) is 5.92 Å². The lowest BCUT2D eigenvalue weighted by Crippen LogP contribution is -2.11. The lowest BCUT2D eigenvalue weighted by atomic mass is 10.1. The topological polar surface area (TPSA) is 58.6 Å². The molecule has 3 heterocycles. The Morgan fingerprint density at radius 1 is 1.35 bits per heavy atom. The first-order chi connectivity index (χ1) is 9.61. The van der Waals surface area contributed by atoms with E-state index in [1.54, 1.807) is 23.6 Å². The van der Waals surface area contributed by atoms with Gasteiger partial charge in [0.25, 0.3) is 5.56 Å². The first-order valence-corrected chi connectivity index (χ1v) is 7.43. The summed E-state index contributed by atoms with van der Waals surface area (Å²) in [5.41, 5.74) is 2.53. The maximum absolute atomic E-state index is 11.8. The van der Waals surface area contributed by atoms with Crippen molar-refractivity contribution >= 4 is 21.6 Å². The number of fused-ring (bicyclic) bond motifs is 1. The molecule has 3 aromatic rings. The van der Waals surface area contributed by atoms with E-state index in [-0.39, 0.29) is 5.56 Å². The Morgan fingerprint density at radius 3 is 3.00 bits per heavy atom. The predicted molar refractivity (Wildman–Crippen MR) is 82.0 cm³/mol. The molecule has 0 aliphatic heterocycles. The SMILES string of the molecule is CC(C)Cc1cc(=O)[nH]c(-c2cnc3ccsc3c2)n1. The summed E-state index contributed by atoms with van der Waals surface area (Å²) < 4.78 is 1.10. The van der Waals surface area contributed by atoms with Gasteiger partial charge in [-0.15, -0.1) is 11.3 Å². The van der Waals surface area contributed by atoms with E-state index >= 15 is 0 Å². The predicted octanol–water partition coefficient (Wildman–Crippen LogP) is 3.25. The van der Waals surface area contributed by atoms with Gasteiger partial charge in [-0.2, -0.15) is 0 Å². The molecule has 20 heavy (non-hydrogen) atoms. The summed E-state index contributed by atoms with van der Waals surface area (Å²) in [6.45, 7) is 4.23. The molecule has 0 fully saturated rings. The number of hydrogen-bond acceptors (Lipinski definition) is 4. The Bertz CT molecular complexity index is 804. The fourth-order valence-corrected chi connectivity index (χ4v) is 2.92. The van der Waals surface area contributed by atoms with Crippen molar-refractivity contribution in [3.8, 4) is 11.4 Å². The Kier molecular flexibility index (Phi) is 3.36. The molecule has 0 unspecified atom stereocenters. The number of thiophene rings is 1. The van der Waals surface area contributed by atoms with Gasteiger partial charge in [-0.05, 0) is 29.9 Å². The first-order valence-electron chi connectivity index (χ1n) is 6.55. The van der Waals surface area contributed by atoms with Gasteiger partial charge in [0, 0.05) is 23.5 Å². The fourth-order valence-electron chi connectivity index (χ4n) is 2.14. The zero-order chi connectivity index (χ0) is 14.1. The normalized spacial score (nSPS) is 11.3. The Morgan fingerprint density at radius 2 is 2.20 bits per heavy atom. The maximum atomic E-state index is 11.8. The second-order valence-electron chi connectivity index (χ2n) is 5.21. The number of nitrogens with zero attached hydrogens (tertiary/aromatic N) is 2. The minimum Gasteiger partial charge on any atom is -0.306 e. The fraction of sp³-hybridized carbons (Fsp3) is 0.267. The van der Waals surface area contributed by atoms with Crippen molar-refractivity contribution in [3.63, 3.8) is 0 Å². The van der Waals surface area contributed by atoms with Crippen LogP contribution < -0.4 is 5.56 Å². The van der Waals surface area contributed by atoms with Crippen LogP contribution in [0.15, 0.2) is 34.6 Å². The molecule has 5 heteroatoms. The van der Waals surface area contributed by atoms with Crippen LogP contribution in [0.3, 0.4) is 0 Å². The molecule has 1 N–H and O–H groups in total. The van der Waals surface area contributed by atoms with E-state index < -0.39 is 0 Å². The average molecular weight is 285 g/mol. The van der Waals surface area contributed by atoms with Crippen molar-refractivity contribution in [1.29, 1.82) is 0 Å². The molecular weight excluding hydrogens is 270 g/mol. The number of aromatic nitrogens is 3. The second kappa shape index (κ2) is 5.17. The van der Waals surface area contributed by atoms with Crippen LogP contribution in [-0.4, -0.2) is 15.0 Å². The third kappa shape index (κ3) is 2.63. The third-order valence-corrected chi connectivity index (χ3v) is 3.84. The van der Waals surface area contributed by atoms with Crippen LogP contribution in [-0.2, 0) is 6.42 Å². The standard InChI is InChI=1S/C15H15N3OS/c1-9(2)5-11-7-14(19)18-15(17-11)10-6-13-12(16-8-10)3-4-20-13/h3-4,6-9H,5H2,1-2H3,(H,17,18,19). The number of rotatable bonds is 3. The molecule has 0 saturated carbocycles. The van der Waals surface area contributed by atoms with Gasteiger partial charge in [-0.3, -0.25) is 9.78 Å². The number of H-pyrrole nitrogens is 1. The van der Waals surface area contributed by atoms with Gasteiger partial charge in [0.2, 0.25) is 0 Å². The number of aromatic amines is 1. The van der Waals surface area contributed by atoms with Crippen LogP contribution in [0.25, 0.3) is 21.6 Å². The monoisotopic (exact) mass is 285 g/mol. The third-order valence-electron chi connectivity index (χ3n) is 2.99. The Hall–Kier alpha value is -2.01. The molecule has 0 radical (unpaired) electrons. The summed E-state index contributed by atoms with van der Waals surface area (Å²) in [5.74, 6) is 1.06. The highest BCUT2D eigenvalue weighted by molar-refractivity contribution is 7.17. The van der Waals surface area contributed by atoms with E-state index in [4.69, 9.17) is 0 Å². The molecule has 0 bridgehead atoms. The van der Waals surface area contributed by atoms with Crippen LogP contribution in [0.1, 0.15) is 19.5 Å². The summed E-state index contributed by atoms with van der Waals surface area (Å²) in [5, 5.41) is 2.01. The van der Waals surface area contributed by atoms with Crippen molar-refractivity contribution in [2.24, 2.45) is 5.92 Å². The number of nitrogens with one attached hydrogen (secondary N) is 1. The van der Waals surface area contributed by atoms with Crippen molar-refractivity contribution in [3.05, 3.63) is 45.8 Å². The molecule has 0 aliphatic rings. The zero-order valence-electron chi connectivity index (χ0n) is 11.4. The van der Waals surface area contributed by atoms with Crippen molar-refractivity contribution < 1.29 is 0 Å². The van der Waals surface area contributed by atoms with Crippen molar-refractivity contribution in [2.45, 2.75) is 20.3 Å². The highest BCUT2D eigenvalue weighted by atomic mass is 32.1. The largest absolute Gasteiger partial charge is 0.306 e. The zero-order valence-corrected chi connectivity index (χ0v) is 12.2. The summed E-state index contributed by atoms with van der Waals surface area (Å²) in [6.07, 6.45) is 2.55. The molecule has 0 saturated heterocycles.